The molecule has 86 valence electrons. The fourth-order valence-electron chi connectivity index (χ4n) is 1.89. The largest absolute Gasteiger partial charge is 0.872 e. The van der Waals surface area contributed by atoms with Crippen LogP contribution in [0.2, 0.25) is 0 Å². The van der Waals surface area contributed by atoms with E-state index in [0.717, 1.165) is 5.06 Å². The lowest BCUT2D eigenvalue weighted by Gasteiger charge is -2.35. The Kier molecular flexibility index (Phi) is 1.96. The van der Waals surface area contributed by atoms with Crippen LogP contribution < -0.4 is 14.9 Å². The number of benzene rings is 1. The summed E-state index contributed by atoms with van der Waals surface area (Å²) in [4.78, 5) is 11.2. The Balaban J connectivity index is 2.11. The number of hydrogen-bond acceptors (Lipinski definition) is 5. The van der Waals surface area contributed by atoms with E-state index in [9.17, 15) is 15.1 Å². The van der Waals surface area contributed by atoms with Crippen LogP contribution in [0, 0.1) is 0 Å². The van der Waals surface area contributed by atoms with E-state index in [1.54, 1.807) is 6.08 Å². The molecule has 1 unspecified atom stereocenters. The third kappa shape index (κ3) is 1.48. The van der Waals surface area contributed by atoms with Crippen LogP contribution in [0.15, 0.2) is 42.2 Å². The second kappa shape index (κ2) is 3.36. The van der Waals surface area contributed by atoms with Crippen molar-refractivity contribution in [1.82, 2.24) is 0 Å². The highest BCUT2D eigenvalue weighted by Gasteiger charge is 2.31. The molecule has 17 heavy (non-hydrogen) atoms. The summed E-state index contributed by atoms with van der Waals surface area (Å²) in [5.74, 6) is 0.156. The number of carbonyl (C=O) groups is 1. The van der Waals surface area contributed by atoms with Gasteiger partial charge < -0.3 is 9.84 Å². The van der Waals surface area contributed by atoms with Gasteiger partial charge in [0.15, 0.2) is 11.5 Å². The Hall–Kier alpha value is -2.27. The smallest absolute Gasteiger partial charge is 0.181 e. The molecule has 0 spiro atoms. The third-order valence-corrected chi connectivity index (χ3v) is 2.69. The summed E-state index contributed by atoms with van der Waals surface area (Å²) < 4.78 is 5.44. The second-order valence-corrected chi connectivity index (χ2v) is 3.83. The average Bonchev–Trinajstić information content (AvgIpc) is 2.28. The normalized spacial score (nSPS) is 21.5. The van der Waals surface area contributed by atoms with Gasteiger partial charge >= 0.3 is 0 Å². The summed E-state index contributed by atoms with van der Waals surface area (Å²) in [7, 11) is 0. The van der Waals surface area contributed by atoms with Crippen molar-refractivity contribution in [3.05, 3.63) is 42.2 Å². The van der Waals surface area contributed by atoms with Crippen molar-refractivity contribution in [2.75, 3.05) is 5.06 Å². The Labute approximate surface area is 96.8 Å². The molecule has 0 radical (unpaired) electrons. The molecule has 0 saturated carbocycles. The van der Waals surface area contributed by atoms with E-state index in [0.29, 0.717) is 11.4 Å². The summed E-state index contributed by atoms with van der Waals surface area (Å²) >= 11 is 0. The Bertz CT molecular complexity index is 562. The molecule has 0 bridgehead atoms. The summed E-state index contributed by atoms with van der Waals surface area (Å²) in [6.07, 6.45) is 4.22. The zero-order valence-corrected chi connectivity index (χ0v) is 8.66. The third-order valence-electron chi connectivity index (χ3n) is 2.69. The van der Waals surface area contributed by atoms with Crippen molar-refractivity contribution in [3.8, 4) is 11.5 Å². The van der Waals surface area contributed by atoms with Crippen molar-refractivity contribution in [1.29, 1.82) is 0 Å². The molecule has 1 aromatic rings. The minimum absolute atomic E-state index is 0.202. The number of fused-ring (bicyclic) bond motifs is 2. The molecule has 5 heteroatoms. The predicted octanol–water partition coefficient (Wildman–Crippen LogP) is 0.740. The van der Waals surface area contributed by atoms with E-state index < -0.39 is 6.04 Å². The number of rotatable bonds is 0. The van der Waals surface area contributed by atoms with Gasteiger partial charge in [0, 0.05) is 6.08 Å². The van der Waals surface area contributed by atoms with Gasteiger partial charge in [0.25, 0.3) is 0 Å². The first kappa shape index (κ1) is 9.92. The van der Waals surface area contributed by atoms with Crippen LogP contribution in [0.1, 0.15) is 0 Å². The lowest BCUT2D eigenvalue weighted by molar-refractivity contribution is -0.268. The average molecular weight is 230 g/mol. The summed E-state index contributed by atoms with van der Waals surface area (Å²) in [6.45, 7) is 0. The summed E-state index contributed by atoms with van der Waals surface area (Å²) in [6, 6.07) is 3.59. The number of nitrogens with zero attached hydrogens (tertiary/aromatic N) is 1. The van der Waals surface area contributed by atoms with Gasteiger partial charge in [-0.2, -0.15) is 0 Å². The van der Waals surface area contributed by atoms with E-state index in [1.165, 1.54) is 30.4 Å². The first-order valence-electron chi connectivity index (χ1n) is 5.06. The van der Waals surface area contributed by atoms with E-state index in [1.807, 2.05) is 0 Å². The maximum atomic E-state index is 11.2. The number of ether oxygens (including phenoxy) is 1. The van der Waals surface area contributed by atoms with Crippen molar-refractivity contribution < 1.29 is 19.8 Å². The lowest BCUT2D eigenvalue weighted by atomic mass is 10.0. The quantitative estimate of drug-likeness (QED) is 0.711. The van der Waals surface area contributed by atoms with Gasteiger partial charge in [0.05, 0.1) is 0 Å². The highest BCUT2D eigenvalue weighted by molar-refractivity contribution is 6.01. The lowest BCUT2D eigenvalue weighted by Crippen LogP contribution is -2.39. The number of carbonyl (C=O) groups excluding carboxylic acids is 1. The first-order valence-corrected chi connectivity index (χ1v) is 5.06. The van der Waals surface area contributed by atoms with Gasteiger partial charge in [-0.3, -0.25) is 10.0 Å². The van der Waals surface area contributed by atoms with Gasteiger partial charge in [0.2, 0.25) is 0 Å². The van der Waals surface area contributed by atoms with Crippen LogP contribution >= 0.6 is 0 Å². The van der Waals surface area contributed by atoms with E-state index in [-0.39, 0.29) is 17.3 Å². The molecular formula is C12H8NO4-. The molecule has 0 amide bonds. The van der Waals surface area contributed by atoms with Gasteiger partial charge in [-0.25, -0.2) is 5.06 Å². The molecule has 0 saturated heterocycles. The van der Waals surface area contributed by atoms with E-state index >= 15 is 0 Å². The predicted molar refractivity (Wildman–Crippen MR) is 56.8 cm³/mol. The maximum Gasteiger partial charge on any atom is 0.181 e. The standard InChI is InChI=1S/C12H9NO4/c14-7-1-3-9-11(5-7)17-12-6-8(15)2-4-10(12)13(9)16/h1-6,9,15-16H/p-1. The molecule has 1 N–H and O–H groups in total. The zero-order valence-electron chi connectivity index (χ0n) is 8.66. The number of ketones is 1. The van der Waals surface area contributed by atoms with E-state index in [2.05, 4.69) is 0 Å². The van der Waals surface area contributed by atoms with Crippen LogP contribution in [0.3, 0.4) is 0 Å². The molecule has 1 atom stereocenters. The molecule has 1 aliphatic carbocycles. The number of anilines is 1. The Morgan fingerprint density at radius 3 is 3.06 bits per heavy atom. The monoisotopic (exact) mass is 230 g/mol. The first-order chi connectivity index (χ1) is 8.15. The van der Waals surface area contributed by atoms with Gasteiger partial charge in [0.1, 0.15) is 17.5 Å². The molecule has 0 aromatic heterocycles. The van der Waals surface area contributed by atoms with Crippen molar-refractivity contribution in [2.24, 2.45) is 0 Å². The van der Waals surface area contributed by atoms with E-state index in [4.69, 9.17) is 4.74 Å². The number of hydrogen-bond donors (Lipinski definition) is 1. The number of allylic oxidation sites excluding steroid dienone is 2. The summed E-state index contributed by atoms with van der Waals surface area (Å²) in [5.41, 5.74) is 0.408. The van der Waals surface area contributed by atoms with Crippen LogP contribution in [0.4, 0.5) is 5.69 Å². The van der Waals surface area contributed by atoms with Crippen molar-refractivity contribution in [3.63, 3.8) is 0 Å². The van der Waals surface area contributed by atoms with Crippen molar-refractivity contribution >= 4 is 11.5 Å². The number of hydroxylamine groups is 1. The van der Waals surface area contributed by atoms with Crippen LogP contribution in [-0.4, -0.2) is 17.0 Å². The fraction of sp³-hybridized carbons (Fsp3) is 0.0833. The molecule has 1 heterocycles. The molecule has 0 fully saturated rings. The maximum absolute atomic E-state index is 11.2. The highest BCUT2D eigenvalue weighted by atomic mass is 16.5. The second-order valence-electron chi connectivity index (χ2n) is 3.83. The molecule has 3 rings (SSSR count). The van der Waals surface area contributed by atoms with Gasteiger partial charge in [-0.15, -0.1) is 5.75 Å². The highest BCUT2D eigenvalue weighted by Crippen LogP contribution is 2.39. The minimum Gasteiger partial charge on any atom is -0.872 e. The molecule has 1 aromatic carbocycles. The SMILES string of the molecule is O=C1C=CC2C(=C1)Oc1cc([O-])ccc1N2O. The zero-order chi connectivity index (χ0) is 12.0. The van der Waals surface area contributed by atoms with Crippen LogP contribution in [0.5, 0.6) is 11.5 Å². The Morgan fingerprint density at radius 2 is 2.24 bits per heavy atom. The summed E-state index contributed by atoms with van der Waals surface area (Å²) in [5, 5.41) is 22.2. The topological polar surface area (TPSA) is 72.8 Å². The Morgan fingerprint density at radius 1 is 1.41 bits per heavy atom. The fourth-order valence-corrected chi connectivity index (χ4v) is 1.89. The van der Waals surface area contributed by atoms with Gasteiger partial charge in [-0.1, -0.05) is 6.07 Å². The van der Waals surface area contributed by atoms with Crippen LogP contribution in [-0.2, 0) is 4.79 Å². The molecular weight excluding hydrogens is 222 g/mol. The van der Waals surface area contributed by atoms with Crippen LogP contribution in [0.25, 0.3) is 0 Å². The van der Waals surface area contributed by atoms with Crippen molar-refractivity contribution in [2.45, 2.75) is 6.04 Å². The molecule has 2 aliphatic rings. The minimum atomic E-state index is -0.516. The molecule has 5 nitrogen and oxygen atoms in total. The molecule has 1 aliphatic heterocycles. The van der Waals surface area contributed by atoms with Gasteiger partial charge in [-0.05, 0) is 24.3 Å².